The molecule has 0 saturated carbocycles. The fourth-order valence-corrected chi connectivity index (χ4v) is 3.76. The molecule has 1 aliphatic heterocycles. The SMILES string of the molecule is Nc1ncc(-c2ccc(Cl)cc2)c([C@@H]2CCCN(C(=O)c3cccnc3)C2)n1. The zero-order valence-corrected chi connectivity index (χ0v) is 16.0. The summed E-state index contributed by atoms with van der Waals surface area (Å²) in [6.07, 6.45) is 6.86. The molecule has 0 spiro atoms. The van der Waals surface area contributed by atoms with Crippen LogP contribution in [-0.4, -0.2) is 38.8 Å². The Labute approximate surface area is 168 Å². The van der Waals surface area contributed by atoms with Gasteiger partial charge in [-0.15, -0.1) is 0 Å². The molecule has 142 valence electrons. The summed E-state index contributed by atoms with van der Waals surface area (Å²) >= 11 is 6.02. The lowest BCUT2D eigenvalue weighted by Crippen LogP contribution is -2.39. The summed E-state index contributed by atoms with van der Waals surface area (Å²) in [6, 6.07) is 11.1. The van der Waals surface area contributed by atoms with Crippen LogP contribution in [0.2, 0.25) is 5.02 Å². The second-order valence-corrected chi connectivity index (χ2v) is 7.30. The second-order valence-electron chi connectivity index (χ2n) is 6.87. The molecule has 7 heteroatoms. The number of carbonyl (C=O) groups is 1. The van der Waals surface area contributed by atoms with Crippen molar-refractivity contribution in [2.24, 2.45) is 0 Å². The van der Waals surface area contributed by atoms with Crippen molar-refractivity contribution in [1.82, 2.24) is 19.9 Å². The molecule has 6 nitrogen and oxygen atoms in total. The Morgan fingerprint density at radius 1 is 1.18 bits per heavy atom. The number of pyridine rings is 1. The quantitative estimate of drug-likeness (QED) is 0.731. The van der Waals surface area contributed by atoms with E-state index in [4.69, 9.17) is 17.3 Å². The summed E-state index contributed by atoms with van der Waals surface area (Å²) in [6.45, 7) is 1.31. The molecule has 0 unspecified atom stereocenters. The van der Waals surface area contributed by atoms with Gasteiger partial charge in [-0.1, -0.05) is 23.7 Å². The van der Waals surface area contributed by atoms with Gasteiger partial charge in [0.15, 0.2) is 0 Å². The Bertz CT molecular complexity index is 978. The number of aromatic nitrogens is 3. The highest BCUT2D eigenvalue weighted by molar-refractivity contribution is 6.30. The molecule has 4 rings (SSSR count). The third-order valence-electron chi connectivity index (χ3n) is 5.00. The van der Waals surface area contributed by atoms with Crippen molar-refractivity contribution < 1.29 is 4.79 Å². The Kier molecular flexibility index (Phi) is 5.21. The molecule has 1 aromatic carbocycles. The molecule has 2 aromatic heterocycles. The van der Waals surface area contributed by atoms with E-state index in [0.717, 1.165) is 36.2 Å². The number of amides is 1. The molecular weight excluding hydrogens is 374 g/mol. The molecule has 1 amide bonds. The van der Waals surface area contributed by atoms with Crippen LogP contribution in [0.4, 0.5) is 5.95 Å². The zero-order chi connectivity index (χ0) is 19.5. The number of nitrogens with two attached hydrogens (primary N) is 1. The number of halogens is 1. The zero-order valence-electron chi connectivity index (χ0n) is 15.3. The Balaban J connectivity index is 1.64. The maximum absolute atomic E-state index is 12.8. The standard InChI is InChI=1S/C21H20ClN5O/c22-17-7-5-14(6-8-17)18-12-25-21(23)26-19(18)16-4-2-10-27(13-16)20(28)15-3-1-9-24-11-15/h1,3,5-9,11-12,16H,2,4,10,13H2,(H2,23,25,26)/t16-/m1/s1. The molecule has 1 saturated heterocycles. The van der Waals surface area contributed by atoms with Gasteiger partial charge in [0, 0.05) is 48.2 Å². The minimum atomic E-state index is -0.00660. The number of benzene rings is 1. The molecule has 28 heavy (non-hydrogen) atoms. The average Bonchev–Trinajstić information content (AvgIpc) is 2.74. The highest BCUT2D eigenvalue weighted by Crippen LogP contribution is 2.34. The fraction of sp³-hybridized carbons (Fsp3) is 0.238. The first kappa shape index (κ1) is 18.4. The second kappa shape index (κ2) is 7.94. The number of anilines is 1. The molecule has 3 heterocycles. The van der Waals surface area contributed by atoms with Crippen molar-refractivity contribution in [3.05, 3.63) is 71.3 Å². The van der Waals surface area contributed by atoms with Crippen LogP contribution >= 0.6 is 11.6 Å². The maximum atomic E-state index is 12.8. The van der Waals surface area contributed by atoms with E-state index in [0.29, 0.717) is 17.1 Å². The first-order valence-corrected chi connectivity index (χ1v) is 9.57. The fourth-order valence-electron chi connectivity index (χ4n) is 3.63. The lowest BCUT2D eigenvalue weighted by atomic mass is 9.89. The number of piperidine rings is 1. The van der Waals surface area contributed by atoms with Gasteiger partial charge in [0.1, 0.15) is 0 Å². The number of hydrogen-bond acceptors (Lipinski definition) is 5. The normalized spacial score (nSPS) is 16.8. The summed E-state index contributed by atoms with van der Waals surface area (Å²) in [4.78, 5) is 27.5. The van der Waals surface area contributed by atoms with Gasteiger partial charge in [-0.25, -0.2) is 9.97 Å². The minimum Gasteiger partial charge on any atom is -0.368 e. The van der Waals surface area contributed by atoms with Crippen LogP contribution in [0.25, 0.3) is 11.1 Å². The smallest absolute Gasteiger partial charge is 0.255 e. The first-order valence-electron chi connectivity index (χ1n) is 9.19. The lowest BCUT2D eigenvalue weighted by molar-refractivity contribution is 0.0705. The van der Waals surface area contributed by atoms with Gasteiger partial charge in [-0.3, -0.25) is 9.78 Å². The Morgan fingerprint density at radius 3 is 2.75 bits per heavy atom. The van der Waals surface area contributed by atoms with Crippen LogP contribution in [0.1, 0.15) is 34.8 Å². The van der Waals surface area contributed by atoms with E-state index in [1.807, 2.05) is 29.2 Å². The van der Waals surface area contributed by atoms with Gasteiger partial charge in [0.25, 0.3) is 5.91 Å². The summed E-state index contributed by atoms with van der Waals surface area (Å²) < 4.78 is 0. The minimum absolute atomic E-state index is 0.00660. The summed E-state index contributed by atoms with van der Waals surface area (Å²) in [5.74, 6) is 0.321. The van der Waals surface area contributed by atoms with Crippen molar-refractivity contribution in [1.29, 1.82) is 0 Å². The highest BCUT2D eigenvalue weighted by Gasteiger charge is 2.28. The van der Waals surface area contributed by atoms with Gasteiger partial charge in [0.05, 0.1) is 11.3 Å². The van der Waals surface area contributed by atoms with Crippen LogP contribution in [0.5, 0.6) is 0 Å². The average molecular weight is 394 g/mol. The molecule has 3 aromatic rings. The number of nitrogens with zero attached hydrogens (tertiary/aromatic N) is 4. The van der Waals surface area contributed by atoms with Crippen molar-refractivity contribution >= 4 is 23.5 Å². The predicted molar refractivity (Wildman–Crippen MR) is 109 cm³/mol. The van der Waals surface area contributed by atoms with Crippen LogP contribution in [0.15, 0.2) is 55.0 Å². The highest BCUT2D eigenvalue weighted by atomic mass is 35.5. The summed E-state index contributed by atoms with van der Waals surface area (Å²) in [7, 11) is 0. The number of rotatable bonds is 3. The van der Waals surface area contributed by atoms with E-state index in [1.165, 1.54) is 0 Å². The maximum Gasteiger partial charge on any atom is 0.255 e. The molecule has 2 N–H and O–H groups in total. The van der Waals surface area contributed by atoms with Gasteiger partial charge >= 0.3 is 0 Å². The third-order valence-corrected chi connectivity index (χ3v) is 5.25. The predicted octanol–water partition coefficient (Wildman–Crippen LogP) is 3.79. The van der Waals surface area contributed by atoms with E-state index in [-0.39, 0.29) is 17.8 Å². The Morgan fingerprint density at radius 2 is 2.00 bits per heavy atom. The Hall–Kier alpha value is -2.99. The van der Waals surface area contributed by atoms with Crippen molar-refractivity contribution in [3.8, 4) is 11.1 Å². The summed E-state index contributed by atoms with van der Waals surface area (Å²) in [5, 5.41) is 0.674. The van der Waals surface area contributed by atoms with Crippen molar-refractivity contribution in [3.63, 3.8) is 0 Å². The molecule has 0 aliphatic carbocycles. The van der Waals surface area contributed by atoms with Crippen molar-refractivity contribution in [2.75, 3.05) is 18.8 Å². The van der Waals surface area contributed by atoms with Crippen LogP contribution in [0, 0.1) is 0 Å². The van der Waals surface area contributed by atoms with Crippen LogP contribution in [-0.2, 0) is 0 Å². The first-order chi connectivity index (χ1) is 13.6. The molecule has 1 aliphatic rings. The van der Waals surface area contributed by atoms with E-state index in [9.17, 15) is 4.79 Å². The van der Waals surface area contributed by atoms with E-state index in [1.54, 1.807) is 30.7 Å². The van der Waals surface area contributed by atoms with Crippen LogP contribution < -0.4 is 5.73 Å². The number of likely N-dealkylation sites (tertiary alicyclic amines) is 1. The van der Waals surface area contributed by atoms with E-state index >= 15 is 0 Å². The molecular formula is C21H20ClN5O. The molecule has 0 bridgehead atoms. The molecule has 0 radical (unpaired) electrons. The lowest BCUT2D eigenvalue weighted by Gasteiger charge is -2.33. The van der Waals surface area contributed by atoms with Gasteiger partial charge in [0.2, 0.25) is 5.95 Å². The van der Waals surface area contributed by atoms with Crippen molar-refractivity contribution in [2.45, 2.75) is 18.8 Å². The molecule has 1 fully saturated rings. The van der Waals surface area contributed by atoms with Gasteiger partial charge < -0.3 is 10.6 Å². The van der Waals surface area contributed by atoms with Gasteiger partial charge in [-0.05, 0) is 42.7 Å². The van der Waals surface area contributed by atoms with Gasteiger partial charge in [-0.2, -0.15) is 0 Å². The largest absolute Gasteiger partial charge is 0.368 e. The van der Waals surface area contributed by atoms with E-state index < -0.39 is 0 Å². The summed E-state index contributed by atoms with van der Waals surface area (Å²) in [5.41, 5.74) is 9.27. The number of nitrogen functional groups attached to an aromatic ring is 1. The van der Waals surface area contributed by atoms with Crippen LogP contribution in [0.3, 0.4) is 0 Å². The topological polar surface area (TPSA) is 85.0 Å². The molecule has 1 atom stereocenters. The third kappa shape index (κ3) is 3.82. The number of hydrogen-bond donors (Lipinski definition) is 1. The van der Waals surface area contributed by atoms with E-state index in [2.05, 4.69) is 15.0 Å². The monoisotopic (exact) mass is 393 g/mol. The number of carbonyl (C=O) groups excluding carboxylic acids is 1.